The van der Waals surface area contributed by atoms with Gasteiger partial charge in [0.15, 0.2) is 0 Å². The molecule has 0 N–H and O–H groups in total. The molecule has 2 aliphatic rings. The molecular formula is C44H22BN5. The van der Waals surface area contributed by atoms with Crippen LogP contribution in [0.2, 0.25) is 0 Å². The van der Waals surface area contributed by atoms with Crippen LogP contribution in [-0.4, -0.2) is 20.4 Å². The van der Waals surface area contributed by atoms with Crippen molar-refractivity contribution in [2.75, 3.05) is 0 Å². The van der Waals surface area contributed by atoms with Crippen LogP contribution in [0.25, 0.3) is 82.5 Å². The van der Waals surface area contributed by atoms with Crippen molar-refractivity contribution in [1.29, 1.82) is 10.5 Å². The zero-order chi connectivity index (χ0) is 32.8. The molecule has 0 amide bonds. The van der Waals surface area contributed by atoms with Gasteiger partial charge in [-0.25, -0.2) is 0 Å². The molecule has 0 bridgehead atoms. The normalized spacial score (nSPS) is 12.7. The lowest BCUT2D eigenvalue weighted by atomic mass is 9.34. The average Bonchev–Trinajstić information content (AvgIpc) is 3.81. The van der Waals surface area contributed by atoms with Gasteiger partial charge < -0.3 is 13.7 Å². The molecule has 6 heteroatoms. The Bertz CT molecular complexity index is 3090. The molecule has 5 nitrogen and oxygen atoms in total. The predicted octanol–water partition coefficient (Wildman–Crippen LogP) is 7.86. The smallest absolute Gasteiger partial charge is 0.252 e. The quantitative estimate of drug-likeness (QED) is 0.173. The van der Waals surface area contributed by atoms with Crippen LogP contribution in [0.3, 0.4) is 0 Å². The van der Waals surface area contributed by atoms with Crippen molar-refractivity contribution in [3.8, 4) is 29.2 Å². The van der Waals surface area contributed by atoms with Crippen LogP contribution in [0.1, 0.15) is 11.1 Å². The summed E-state index contributed by atoms with van der Waals surface area (Å²) >= 11 is 0. The fraction of sp³-hybridized carbons (Fsp3) is 0. The molecule has 0 fully saturated rings. The zero-order valence-electron chi connectivity index (χ0n) is 26.5. The summed E-state index contributed by atoms with van der Waals surface area (Å²) in [7, 11) is 0. The Labute approximate surface area is 285 Å². The van der Waals surface area contributed by atoms with Crippen molar-refractivity contribution in [2.45, 2.75) is 0 Å². The van der Waals surface area contributed by atoms with Crippen LogP contribution < -0.4 is 16.4 Å². The van der Waals surface area contributed by atoms with Crippen LogP contribution in [-0.2, 0) is 0 Å². The molecule has 0 atom stereocenters. The first-order chi connectivity index (χ1) is 24.8. The highest BCUT2D eigenvalue weighted by molar-refractivity contribution is 7.00. The average molecular weight is 632 g/mol. The van der Waals surface area contributed by atoms with Gasteiger partial charge in [0, 0.05) is 43.4 Å². The molecule has 50 heavy (non-hydrogen) atoms. The summed E-state index contributed by atoms with van der Waals surface area (Å²) < 4.78 is 6.81. The molecule has 0 aliphatic carbocycles. The van der Waals surface area contributed by atoms with Crippen molar-refractivity contribution in [1.82, 2.24) is 13.7 Å². The summed E-state index contributed by atoms with van der Waals surface area (Å²) in [5.74, 6) is 0. The molecule has 0 saturated heterocycles. The highest BCUT2D eigenvalue weighted by Crippen LogP contribution is 2.44. The van der Waals surface area contributed by atoms with Gasteiger partial charge in [-0.2, -0.15) is 10.5 Å². The third-order valence-electron chi connectivity index (χ3n) is 11.3. The van der Waals surface area contributed by atoms with E-state index < -0.39 is 0 Å². The van der Waals surface area contributed by atoms with Crippen molar-refractivity contribution in [2.24, 2.45) is 0 Å². The molecule has 0 saturated carbocycles. The first-order valence-electron chi connectivity index (χ1n) is 16.9. The maximum Gasteiger partial charge on any atom is 0.252 e. The highest BCUT2D eigenvalue weighted by Gasteiger charge is 2.44. The molecule has 5 heterocycles. The van der Waals surface area contributed by atoms with E-state index in [9.17, 15) is 10.5 Å². The third-order valence-corrected chi connectivity index (χ3v) is 11.3. The van der Waals surface area contributed by atoms with E-state index in [4.69, 9.17) is 0 Å². The number of benzene rings is 7. The first-order valence-corrected chi connectivity index (χ1v) is 16.9. The molecule has 226 valence electrons. The van der Waals surface area contributed by atoms with Gasteiger partial charge in [-0.05, 0) is 40.7 Å². The fourth-order valence-electron chi connectivity index (χ4n) is 9.57. The van der Waals surface area contributed by atoms with Crippen LogP contribution >= 0.6 is 0 Å². The number of hydrogen-bond donors (Lipinski definition) is 0. The summed E-state index contributed by atoms with van der Waals surface area (Å²) in [6.45, 7) is -0.174. The molecule has 12 rings (SSSR count). The minimum Gasteiger partial charge on any atom is -0.309 e. The van der Waals surface area contributed by atoms with Crippen molar-refractivity contribution in [3.63, 3.8) is 0 Å². The lowest BCUT2D eigenvalue weighted by Gasteiger charge is -2.35. The number of aromatic nitrogens is 3. The standard InChI is InChI=1S/C44H22BN5/c46-23-31-40(48-35-19-5-1-11-25(35)26-12-2-6-20-36(26)48)32(24-47)44-39-43(31)49-37-21-7-3-13-27(37)29-15-9-17-33(41(29)49)45(39)34-18-10-16-30-28-14-4-8-22-38(28)50(44)42(30)34/h1-22H. The second kappa shape index (κ2) is 8.91. The Morgan fingerprint density at radius 2 is 0.740 bits per heavy atom. The number of fused-ring (bicyclic) bond motifs is 13. The van der Waals surface area contributed by atoms with Gasteiger partial charge in [-0.1, -0.05) is 109 Å². The third kappa shape index (κ3) is 2.80. The highest BCUT2D eigenvalue weighted by atomic mass is 15.1. The van der Waals surface area contributed by atoms with Crippen LogP contribution in [0.4, 0.5) is 0 Å². The second-order valence-corrected chi connectivity index (χ2v) is 13.4. The van der Waals surface area contributed by atoms with Crippen molar-refractivity contribution in [3.05, 3.63) is 145 Å². The van der Waals surface area contributed by atoms with Crippen LogP contribution in [0, 0.1) is 22.7 Å². The van der Waals surface area contributed by atoms with E-state index in [0.717, 1.165) is 82.3 Å². The van der Waals surface area contributed by atoms with E-state index in [0.29, 0.717) is 16.8 Å². The van der Waals surface area contributed by atoms with Gasteiger partial charge >= 0.3 is 0 Å². The summed E-state index contributed by atoms with van der Waals surface area (Å²) in [5, 5.41) is 29.8. The molecule has 0 radical (unpaired) electrons. The second-order valence-electron chi connectivity index (χ2n) is 13.4. The molecule has 0 unspecified atom stereocenters. The maximum atomic E-state index is 11.5. The lowest BCUT2D eigenvalue weighted by molar-refractivity contribution is 1.08. The maximum absolute atomic E-state index is 11.5. The summed E-state index contributed by atoms with van der Waals surface area (Å²) in [4.78, 5) is 0. The van der Waals surface area contributed by atoms with Crippen molar-refractivity contribution < 1.29 is 0 Å². The summed E-state index contributed by atoms with van der Waals surface area (Å²) in [6, 6.07) is 52.3. The molecule has 10 aromatic rings. The number of nitriles is 2. The van der Waals surface area contributed by atoms with E-state index in [1.807, 2.05) is 12.1 Å². The van der Waals surface area contributed by atoms with Crippen LogP contribution in [0.15, 0.2) is 133 Å². The van der Waals surface area contributed by atoms with Gasteiger partial charge in [0.25, 0.3) is 6.71 Å². The Morgan fingerprint density at radius 3 is 1.16 bits per heavy atom. The minimum atomic E-state index is -0.174. The van der Waals surface area contributed by atoms with E-state index in [1.54, 1.807) is 0 Å². The number of para-hydroxylation sites is 6. The summed E-state index contributed by atoms with van der Waals surface area (Å²) in [5.41, 5.74) is 13.0. The SMILES string of the molecule is N#Cc1c(-n2c3ccccc3c3ccccc32)c(C#N)c2c3c1-n1c4ccccc4c4cccc(c41)B3c1cccc3c4ccccc4n-2c13. The lowest BCUT2D eigenvalue weighted by Crippen LogP contribution is -2.60. The zero-order valence-corrected chi connectivity index (χ0v) is 26.5. The van der Waals surface area contributed by atoms with E-state index in [1.165, 1.54) is 10.9 Å². The van der Waals surface area contributed by atoms with Gasteiger partial charge in [0.05, 0.1) is 39.1 Å². The minimum absolute atomic E-state index is 0.174. The Kier molecular flexibility index (Phi) is 4.63. The van der Waals surface area contributed by atoms with Gasteiger partial charge in [0.2, 0.25) is 0 Å². The Morgan fingerprint density at radius 1 is 0.380 bits per heavy atom. The predicted molar refractivity (Wildman–Crippen MR) is 204 cm³/mol. The molecule has 3 aromatic heterocycles. The number of hydrogen-bond acceptors (Lipinski definition) is 2. The largest absolute Gasteiger partial charge is 0.309 e. The molecule has 2 aliphatic heterocycles. The van der Waals surface area contributed by atoms with E-state index >= 15 is 0 Å². The number of nitrogens with zero attached hydrogens (tertiary/aromatic N) is 5. The molecular weight excluding hydrogens is 609 g/mol. The fourth-order valence-corrected chi connectivity index (χ4v) is 9.57. The van der Waals surface area contributed by atoms with Gasteiger partial charge in [-0.15, -0.1) is 0 Å². The molecule has 7 aromatic carbocycles. The van der Waals surface area contributed by atoms with E-state index in [2.05, 4.69) is 147 Å². The van der Waals surface area contributed by atoms with E-state index in [-0.39, 0.29) is 6.71 Å². The topological polar surface area (TPSA) is 62.4 Å². The van der Waals surface area contributed by atoms with Gasteiger partial charge in [-0.3, -0.25) is 0 Å². The van der Waals surface area contributed by atoms with Crippen molar-refractivity contribution >= 4 is 88.5 Å². The first kappa shape index (κ1) is 26.0. The van der Waals surface area contributed by atoms with Gasteiger partial charge in [0.1, 0.15) is 23.3 Å². The number of rotatable bonds is 1. The monoisotopic (exact) mass is 631 g/mol. The summed E-state index contributed by atoms with van der Waals surface area (Å²) in [6.07, 6.45) is 0. The Balaban J connectivity index is 1.43. The Hall–Kier alpha value is -7.02. The van der Waals surface area contributed by atoms with Crippen LogP contribution in [0.5, 0.6) is 0 Å². The molecule has 0 spiro atoms.